The number of oxime groups is 1. The summed E-state index contributed by atoms with van der Waals surface area (Å²) in [5.41, 5.74) is 4.63. The van der Waals surface area contributed by atoms with Crippen LogP contribution in [0, 0.1) is 6.92 Å². The Morgan fingerprint density at radius 2 is 1.83 bits per heavy atom. The highest BCUT2D eigenvalue weighted by atomic mass is 16.6. The van der Waals surface area contributed by atoms with Gasteiger partial charge in [-0.25, -0.2) is 19.2 Å². The fourth-order valence-electron chi connectivity index (χ4n) is 5.09. The molecule has 0 fully saturated rings. The Morgan fingerprint density at radius 1 is 0.976 bits per heavy atom. The van der Waals surface area contributed by atoms with Crippen LogP contribution in [0.25, 0.3) is 11.3 Å². The standard InChI is InChI=1S/C30H25N7O5/c1-18-25-26(22-10-7-13-40-22)27-28-33-24(16-41-32-15-19-11-12-21(38-2)23(14-19)39-3)35-36(28)17-31-29(27)42-30(25)37(34-18)20-8-5-4-6-9-20/h4-15,17,26H,16H2,1-3H3/b32-15+/t26-/m1/s1. The van der Waals surface area contributed by atoms with E-state index in [1.165, 1.54) is 0 Å². The van der Waals surface area contributed by atoms with E-state index in [9.17, 15) is 0 Å². The molecule has 12 heteroatoms. The van der Waals surface area contributed by atoms with Crippen LogP contribution in [-0.4, -0.2) is 49.8 Å². The molecule has 1 aliphatic heterocycles. The van der Waals surface area contributed by atoms with Gasteiger partial charge in [0.2, 0.25) is 11.8 Å². The van der Waals surface area contributed by atoms with Crippen molar-refractivity contribution in [1.29, 1.82) is 0 Å². The van der Waals surface area contributed by atoms with Gasteiger partial charge in [0.1, 0.15) is 12.1 Å². The maximum Gasteiger partial charge on any atom is 0.230 e. The average molecular weight is 564 g/mol. The third-order valence-electron chi connectivity index (χ3n) is 6.97. The summed E-state index contributed by atoms with van der Waals surface area (Å²) in [6.07, 6.45) is 4.79. The number of fused-ring (bicyclic) bond motifs is 4. The molecule has 42 heavy (non-hydrogen) atoms. The van der Waals surface area contributed by atoms with Gasteiger partial charge < -0.3 is 23.5 Å². The van der Waals surface area contributed by atoms with Crippen LogP contribution in [0.1, 0.15) is 39.9 Å². The van der Waals surface area contributed by atoms with Crippen LogP contribution in [-0.2, 0) is 11.4 Å². The predicted molar refractivity (Wildman–Crippen MR) is 151 cm³/mol. The van der Waals surface area contributed by atoms with E-state index in [1.807, 2.05) is 55.5 Å². The largest absolute Gasteiger partial charge is 0.493 e. The van der Waals surface area contributed by atoms with E-state index in [-0.39, 0.29) is 12.5 Å². The van der Waals surface area contributed by atoms with E-state index in [2.05, 4.69) is 15.2 Å². The van der Waals surface area contributed by atoms with Crippen LogP contribution in [0.4, 0.5) is 0 Å². The molecule has 7 rings (SSSR count). The van der Waals surface area contributed by atoms with Crippen molar-refractivity contribution in [2.75, 3.05) is 14.2 Å². The molecule has 0 bridgehead atoms. The number of aryl methyl sites for hydroxylation is 1. The van der Waals surface area contributed by atoms with Crippen molar-refractivity contribution in [2.45, 2.75) is 19.4 Å². The van der Waals surface area contributed by atoms with Crippen LogP contribution in [0.3, 0.4) is 0 Å². The molecule has 0 amide bonds. The normalized spacial score (nSPS) is 14.0. The van der Waals surface area contributed by atoms with Gasteiger partial charge in [-0.05, 0) is 49.4 Å². The minimum Gasteiger partial charge on any atom is -0.493 e. The molecule has 210 valence electrons. The lowest BCUT2D eigenvalue weighted by Crippen LogP contribution is -2.15. The molecule has 1 atom stereocenters. The highest BCUT2D eigenvalue weighted by Gasteiger charge is 2.39. The Labute approximate surface area is 239 Å². The lowest BCUT2D eigenvalue weighted by Gasteiger charge is -2.24. The number of para-hydroxylation sites is 1. The van der Waals surface area contributed by atoms with E-state index >= 15 is 0 Å². The van der Waals surface area contributed by atoms with Gasteiger partial charge in [0.25, 0.3) is 0 Å². The zero-order chi connectivity index (χ0) is 28.6. The lowest BCUT2D eigenvalue weighted by molar-refractivity contribution is 0.126. The summed E-state index contributed by atoms with van der Waals surface area (Å²) < 4.78 is 26.3. The number of hydrogen-bond donors (Lipinski definition) is 0. The van der Waals surface area contributed by atoms with Gasteiger partial charge in [0.05, 0.1) is 55.1 Å². The van der Waals surface area contributed by atoms with Crippen molar-refractivity contribution in [3.05, 3.63) is 107 Å². The molecular weight excluding hydrogens is 538 g/mol. The highest BCUT2D eigenvalue weighted by Crippen LogP contribution is 2.49. The molecule has 0 aliphatic carbocycles. The Morgan fingerprint density at radius 3 is 2.62 bits per heavy atom. The molecule has 1 aliphatic rings. The fourth-order valence-corrected chi connectivity index (χ4v) is 5.09. The van der Waals surface area contributed by atoms with Crippen LogP contribution in [0.5, 0.6) is 23.3 Å². The van der Waals surface area contributed by atoms with Crippen molar-refractivity contribution in [3.8, 4) is 28.9 Å². The highest BCUT2D eigenvalue weighted by molar-refractivity contribution is 5.80. The molecule has 0 saturated carbocycles. The summed E-state index contributed by atoms with van der Waals surface area (Å²) >= 11 is 0. The van der Waals surface area contributed by atoms with Crippen LogP contribution in [0.15, 0.2) is 82.8 Å². The van der Waals surface area contributed by atoms with E-state index in [0.717, 1.165) is 28.1 Å². The predicted octanol–water partition coefficient (Wildman–Crippen LogP) is 5.07. The van der Waals surface area contributed by atoms with E-state index in [0.29, 0.717) is 40.5 Å². The van der Waals surface area contributed by atoms with Gasteiger partial charge in [0, 0.05) is 5.56 Å². The summed E-state index contributed by atoms with van der Waals surface area (Å²) in [4.78, 5) is 14.9. The number of nitrogens with zero attached hydrogens (tertiary/aromatic N) is 7. The first-order valence-electron chi connectivity index (χ1n) is 13.1. The average Bonchev–Trinajstić information content (AvgIpc) is 3.78. The van der Waals surface area contributed by atoms with E-state index < -0.39 is 0 Å². The van der Waals surface area contributed by atoms with E-state index in [4.69, 9.17) is 33.5 Å². The van der Waals surface area contributed by atoms with Gasteiger partial charge in [-0.15, -0.1) is 5.10 Å². The second-order valence-corrected chi connectivity index (χ2v) is 9.48. The molecule has 0 radical (unpaired) electrons. The molecule has 6 aromatic rings. The monoisotopic (exact) mass is 563 g/mol. The second-order valence-electron chi connectivity index (χ2n) is 9.48. The maximum absolute atomic E-state index is 6.41. The number of furan rings is 1. The third kappa shape index (κ3) is 4.29. The summed E-state index contributed by atoms with van der Waals surface area (Å²) in [5, 5.41) is 13.5. The molecule has 2 aromatic carbocycles. The minimum absolute atomic E-state index is 0.0444. The third-order valence-corrected chi connectivity index (χ3v) is 6.97. The summed E-state index contributed by atoms with van der Waals surface area (Å²) in [6.45, 7) is 2.00. The summed E-state index contributed by atoms with van der Waals surface area (Å²) in [6, 6.07) is 19.1. The van der Waals surface area contributed by atoms with Crippen molar-refractivity contribution in [3.63, 3.8) is 0 Å². The Kier molecular flexibility index (Phi) is 6.27. The number of benzene rings is 2. The first-order chi connectivity index (χ1) is 20.6. The molecule has 4 aromatic heterocycles. The Hall–Kier alpha value is -5.65. The van der Waals surface area contributed by atoms with Gasteiger partial charge in [-0.2, -0.15) is 5.10 Å². The van der Waals surface area contributed by atoms with Crippen LogP contribution in [0.2, 0.25) is 0 Å². The number of ether oxygens (including phenoxy) is 3. The van der Waals surface area contributed by atoms with Crippen molar-refractivity contribution >= 4 is 11.9 Å². The minimum atomic E-state index is -0.367. The quantitative estimate of drug-likeness (QED) is 0.184. The molecule has 5 heterocycles. The number of methoxy groups -OCH3 is 2. The first kappa shape index (κ1) is 25.3. The van der Waals surface area contributed by atoms with Crippen LogP contribution < -0.4 is 14.2 Å². The molecular formula is C30H25N7O5. The molecule has 0 N–H and O–H groups in total. The molecule has 0 spiro atoms. The smallest absolute Gasteiger partial charge is 0.230 e. The zero-order valence-corrected chi connectivity index (χ0v) is 23.0. The fraction of sp³-hybridized carbons (Fsp3) is 0.167. The van der Waals surface area contributed by atoms with Crippen molar-refractivity contribution in [1.82, 2.24) is 29.4 Å². The van der Waals surface area contributed by atoms with Crippen molar-refractivity contribution < 1.29 is 23.5 Å². The van der Waals surface area contributed by atoms with E-state index in [1.54, 1.807) is 54.4 Å². The second kappa shape index (κ2) is 10.4. The van der Waals surface area contributed by atoms with Crippen molar-refractivity contribution in [2.24, 2.45) is 5.16 Å². The Bertz CT molecular complexity index is 1910. The van der Waals surface area contributed by atoms with Gasteiger partial charge in [-0.1, -0.05) is 23.4 Å². The van der Waals surface area contributed by atoms with Gasteiger partial charge in [0.15, 0.2) is 29.6 Å². The maximum atomic E-state index is 6.41. The number of hydrogen-bond acceptors (Lipinski definition) is 10. The lowest BCUT2D eigenvalue weighted by atomic mass is 9.88. The van der Waals surface area contributed by atoms with Gasteiger partial charge >= 0.3 is 0 Å². The molecule has 0 saturated heterocycles. The van der Waals surface area contributed by atoms with Crippen LogP contribution >= 0.6 is 0 Å². The molecule has 12 nitrogen and oxygen atoms in total. The number of aromatic nitrogens is 6. The zero-order valence-electron chi connectivity index (χ0n) is 23.0. The summed E-state index contributed by atoms with van der Waals surface area (Å²) in [7, 11) is 3.17. The SMILES string of the molecule is COc1ccc(/C=N/OCc2nc3c4c(ncn3n2)Oc2c(c(C)nn2-c2ccccc2)[C@H]4c2ccco2)cc1OC. The van der Waals surface area contributed by atoms with Gasteiger partial charge in [-0.3, -0.25) is 0 Å². The summed E-state index contributed by atoms with van der Waals surface area (Å²) in [5.74, 6) is 2.99. The first-order valence-corrected chi connectivity index (χ1v) is 13.1. The Balaban J connectivity index is 1.22. The number of rotatable bonds is 8. The topological polar surface area (TPSA) is 123 Å². The molecule has 0 unspecified atom stereocenters.